The van der Waals surface area contributed by atoms with Crippen molar-refractivity contribution in [2.45, 2.75) is 71.4 Å². The van der Waals surface area contributed by atoms with Crippen LogP contribution >= 0.6 is 0 Å². The number of amides is 1. The van der Waals surface area contributed by atoms with Crippen LogP contribution in [-0.4, -0.2) is 40.6 Å². The number of nitrogens with zero attached hydrogens (tertiary/aromatic N) is 1. The zero-order chi connectivity index (χ0) is 20.6. The van der Waals surface area contributed by atoms with Gasteiger partial charge in [0.1, 0.15) is 5.78 Å². The topological polar surface area (TPSA) is 66.8 Å². The van der Waals surface area contributed by atoms with Gasteiger partial charge in [-0.05, 0) is 64.4 Å². The van der Waals surface area contributed by atoms with E-state index >= 15 is 0 Å². The van der Waals surface area contributed by atoms with Gasteiger partial charge in [0.2, 0.25) is 0 Å². The van der Waals surface area contributed by atoms with Crippen LogP contribution in [0.15, 0.2) is 30.3 Å². The number of rotatable bonds is 9. The Balaban J connectivity index is 1.64. The van der Waals surface area contributed by atoms with Gasteiger partial charge in [-0.1, -0.05) is 30.3 Å². The quantitative estimate of drug-likeness (QED) is 0.594. The minimum atomic E-state index is -0.959. The third-order valence-electron chi connectivity index (χ3n) is 5.71. The average molecular weight is 390 g/mol. The third kappa shape index (κ3) is 7.27. The molecule has 0 atom stereocenters. The number of hydrogen-bond donors (Lipinski definition) is 1. The number of carbonyl (C=O) groups is 2. The van der Waals surface area contributed by atoms with Crippen molar-refractivity contribution in [1.29, 1.82) is 0 Å². The van der Waals surface area contributed by atoms with Crippen LogP contribution in [0.3, 0.4) is 0 Å². The molecule has 5 heteroatoms. The van der Waals surface area contributed by atoms with Gasteiger partial charge in [0.15, 0.2) is 0 Å². The summed E-state index contributed by atoms with van der Waals surface area (Å²) in [6.07, 6.45) is 4.37. The summed E-state index contributed by atoms with van der Waals surface area (Å²) >= 11 is 0. The van der Waals surface area contributed by atoms with E-state index in [2.05, 4.69) is 12.1 Å². The first-order valence-electron chi connectivity index (χ1n) is 10.4. The zero-order valence-corrected chi connectivity index (χ0v) is 17.5. The van der Waals surface area contributed by atoms with E-state index in [0.717, 1.165) is 38.7 Å². The molecule has 1 N–H and O–H groups in total. The van der Waals surface area contributed by atoms with E-state index in [-0.39, 0.29) is 18.2 Å². The molecule has 1 aromatic rings. The Labute approximate surface area is 169 Å². The molecule has 0 spiro atoms. The van der Waals surface area contributed by atoms with Gasteiger partial charge in [-0.3, -0.25) is 4.79 Å². The van der Waals surface area contributed by atoms with E-state index in [4.69, 9.17) is 4.74 Å². The first-order valence-corrected chi connectivity index (χ1v) is 10.4. The van der Waals surface area contributed by atoms with Crippen LogP contribution in [0.4, 0.5) is 4.79 Å². The minimum Gasteiger partial charge on any atom is -0.465 e. The molecule has 1 aliphatic rings. The molecule has 1 saturated carbocycles. The maximum atomic E-state index is 12.5. The lowest BCUT2D eigenvalue weighted by molar-refractivity contribution is -0.124. The van der Waals surface area contributed by atoms with Crippen LogP contribution in [0.25, 0.3) is 0 Å². The van der Waals surface area contributed by atoms with Crippen LogP contribution < -0.4 is 0 Å². The lowest BCUT2D eigenvalue weighted by Crippen LogP contribution is -2.46. The van der Waals surface area contributed by atoms with E-state index < -0.39 is 11.6 Å². The summed E-state index contributed by atoms with van der Waals surface area (Å²) in [5.74, 6) is 0.941. The number of Topliss-reactive ketones (excluding diaryl/α,β-unsaturated/α-hetero) is 1. The second-order valence-electron chi connectivity index (χ2n) is 8.87. The van der Waals surface area contributed by atoms with Crippen LogP contribution in [0.5, 0.6) is 0 Å². The molecule has 0 aliphatic heterocycles. The molecule has 0 unspecified atom stereocenters. The number of hydrogen-bond acceptors (Lipinski definition) is 3. The van der Waals surface area contributed by atoms with E-state index in [0.29, 0.717) is 18.9 Å². The fourth-order valence-electron chi connectivity index (χ4n) is 3.93. The SMILES string of the molecule is CC(C)(C)N(CCC(=O)C1CCC(CCOCc2ccccc2)CC1)C(=O)O. The van der Waals surface area contributed by atoms with Gasteiger partial charge in [0.05, 0.1) is 6.61 Å². The summed E-state index contributed by atoms with van der Waals surface area (Å²) in [5.41, 5.74) is 0.714. The first-order chi connectivity index (χ1) is 13.3. The Hall–Kier alpha value is -1.88. The van der Waals surface area contributed by atoms with Crippen LogP contribution in [0, 0.1) is 11.8 Å². The highest BCUT2D eigenvalue weighted by atomic mass is 16.5. The molecular weight excluding hydrogens is 354 g/mol. The standard InChI is InChI=1S/C23H35NO4/c1-23(2,3)24(22(26)27)15-13-21(25)20-11-9-18(10-12-20)14-16-28-17-19-7-5-4-6-8-19/h4-8,18,20H,9-17H2,1-3H3,(H,26,27). The molecule has 1 aromatic carbocycles. The smallest absolute Gasteiger partial charge is 0.407 e. The van der Waals surface area contributed by atoms with Crippen molar-refractivity contribution in [3.8, 4) is 0 Å². The van der Waals surface area contributed by atoms with Gasteiger partial charge in [-0.2, -0.15) is 0 Å². The molecule has 28 heavy (non-hydrogen) atoms. The maximum absolute atomic E-state index is 12.5. The summed E-state index contributed by atoms with van der Waals surface area (Å²) in [4.78, 5) is 25.3. The summed E-state index contributed by atoms with van der Waals surface area (Å²) in [6, 6.07) is 10.2. The summed E-state index contributed by atoms with van der Waals surface area (Å²) in [5, 5.41) is 9.35. The van der Waals surface area contributed by atoms with Crippen LogP contribution in [0.2, 0.25) is 0 Å². The van der Waals surface area contributed by atoms with Gasteiger partial charge < -0.3 is 14.7 Å². The van der Waals surface area contributed by atoms with Crippen molar-refractivity contribution in [3.63, 3.8) is 0 Å². The summed E-state index contributed by atoms with van der Waals surface area (Å²) in [6.45, 7) is 7.27. The Morgan fingerprint density at radius 1 is 1.11 bits per heavy atom. The average Bonchev–Trinajstić information content (AvgIpc) is 2.65. The molecule has 0 aromatic heterocycles. The molecule has 1 amide bonds. The molecule has 1 aliphatic carbocycles. The Bertz CT molecular complexity index is 615. The number of ether oxygens (including phenoxy) is 1. The largest absolute Gasteiger partial charge is 0.465 e. The molecule has 0 bridgehead atoms. The van der Waals surface area contributed by atoms with Gasteiger partial charge in [-0.25, -0.2) is 4.79 Å². The van der Waals surface area contributed by atoms with Gasteiger partial charge in [-0.15, -0.1) is 0 Å². The van der Waals surface area contributed by atoms with Crippen molar-refractivity contribution in [1.82, 2.24) is 4.90 Å². The minimum absolute atomic E-state index is 0.0945. The van der Waals surface area contributed by atoms with Gasteiger partial charge in [0, 0.05) is 31.0 Å². The molecule has 5 nitrogen and oxygen atoms in total. The number of carboxylic acid groups (broad SMARTS) is 1. The lowest BCUT2D eigenvalue weighted by atomic mass is 9.78. The normalized spacial score (nSPS) is 20.0. The number of carbonyl (C=O) groups excluding carboxylic acids is 1. The molecule has 1 fully saturated rings. The molecule has 0 heterocycles. The monoisotopic (exact) mass is 389 g/mol. The third-order valence-corrected chi connectivity index (χ3v) is 5.71. The van der Waals surface area contributed by atoms with Crippen LogP contribution in [0.1, 0.15) is 64.9 Å². The molecular formula is C23H35NO4. The summed E-state index contributed by atoms with van der Waals surface area (Å²) in [7, 11) is 0. The second-order valence-corrected chi connectivity index (χ2v) is 8.87. The Morgan fingerprint density at radius 2 is 1.75 bits per heavy atom. The van der Waals surface area contributed by atoms with Crippen molar-refractivity contribution < 1.29 is 19.4 Å². The fraction of sp³-hybridized carbons (Fsp3) is 0.652. The van der Waals surface area contributed by atoms with E-state index in [1.54, 1.807) is 0 Å². The van der Waals surface area contributed by atoms with E-state index in [9.17, 15) is 14.7 Å². The van der Waals surface area contributed by atoms with Crippen molar-refractivity contribution in [2.24, 2.45) is 11.8 Å². The predicted molar refractivity (Wildman–Crippen MR) is 110 cm³/mol. The lowest BCUT2D eigenvalue weighted by Gasteiger charge is -2.34. The van der Waals surface area contributed by atoms with E-state index in [1.165, 1.54) is 10.5 Å². The maximum Gasteiger partial charge on any atom is 0.407 e. The Morgan fingerprint density at radius 3 is 2.32 bits per heavy atom. The van der Waals surface area contributed by atoms with Gasteiger partial charge >= 0.3 is 6.09 Å². The highest BCUT2D eigenvalue weighted by Gasteiger charge is 2.29. The van der Waals surface area contributed by atoms with Crippen molar-refractivity contribution >= 4 is 11.9 Å². The Kier molecular flexibility index (Phi) is 8.49. The predicted octanol–water partition coefficient (Wildman–Crippen LogP) is 5.14. The highest BCUT2D eigenvalue weighted by molar-refractivity contribution is 5.81. The number of ketones is 1. The molecule has 0 saturated heterocycles. The summed E-state index contributed by atoms with van der Waals surface area (Å²) < 4.78 is 5.79. The molecule has 2 rings (SSSR count). The second kappa shape index (κ2) is 10.6. The van der Waals surface area contributed by atoms with Gasteiger partial charge in [0.25, 0.3) is 0 Å². The first kappa shape index (κ1) is 22.4. The van der Waals surface area contributed by atoms with Crippen LogP contribution in [-0.2, 0) is 16.1 Å². The van der Waals surface area contributed by atoms with E-state index in [1.807, 2.05) is 39.0 Å². The van der Waals surface area contributed by atoms with Crippen molar-refractivity contribution in [3.05, 3.63) is 35.9 Å². The number of benzene rings is 1. The highest BCUT2D eigenvalue weighted by Crippen LogP contribution is 2.32. The molecule has 0 radical (unpaired) electrons. The molecule has 156 valence electrons. The van der Waals surface area contributed by atoms with Crippen molar-refractivity contribution in [2.75, 3.05) is 13.2 Å². The zero-order valence-electron chi connectivity index (χ0n) is 17.5. The fourth-order valence-corrected chi connectivity index (χ4v) is 3.93.